The fourth-order valence-corrected chi connectivity index (χ4v) is 2.65. The maximum absolute atomic E-state index is 12.2. The summed E-state index contributed by atoms with van der Waals surface area (Å²) in [5, 5.41) is 3.25. The van der Waals surface area contributed by atoms with Crippen LogP contribution in [0.15, 0.2) is 24.3 Å². The van der Waals surface area contributed by atoms with Crippen LogP contribution in [0.5, 0.6) is 0 Å². The van der Waals surface area contributed by atoms with E-state index in [0.29, 0.717) is 6.42 Å². The van der Waals surface area contributed by atoms with Crippen molar-refractivity contribution in [3.05, 3.63) is 29.8 Å². The van der Waals surface area contributed by atoms with Gasteiger partial charge in [-0.2, -0.15) is 0 Å². The number of benzene rings is 1. The van der Waals surface area contributed by atoms with E-state index in [4.69, 9.17) is 9.79 Å². The van der Waals surface area contributed by atoms with Gasteiger partial charge in [0.15, 0.2) is 5.78 Å². The predicted molar refractivity (Wildman–Crippen MR) is 83.7 cm³/mol. The van der Waals surface area contributed by atoms with E-state index >= 15 is 0 Å². The van der Waals surface area contributed by atoms with Gasteiger partial charge in [0.1, 0.15) is 0 Å². The molecule has 118 valence electrons. The normalized spacial score (nSPS) is 13.7. The molecule has 0 aromatic heterocycles. The Hall–Kier alpha value is -1.00. The molecule has 5 nitrogen and oxygen atoms in total. The van der Waals surface area contributed by atoms with Crippen LogP contribution in [0, 0.1) is 5.92 Å². The number of Topliss-reactive ketones (excluding diaryl/α,β-unsaturated/α-hetero) is 1. The lowest BCUT2D eigenvalue weighted by Crippen LogP contribution is -2.44. The number of carbonyl (C=O) groups is 1. The highest BCUT2D eigenvalue weighted by atomic mass is 31.2. The van der Waals surface area contributed by atoms with Crippen LogP contribution in [-0.4, -0.2) is 27.7 Å². The second kappa shape index (κ2) is 7.32. The first-order chi connectivity index (χ1) is 9.61. The van der Waals surface area contributed by atoms with Gasteiger partial charge in [-0.3, -0.25) is 9.36 Å². The van der Waals surface area contributed by atoms with Gasteiger partial charge in [-0.1, -0.05) is 39.8 Å². The smallest absolute Gasteiger partial charge is 0.321 e. The third-order valence-electron chi connectivity index (χ3n) is 3.16. The Kier molecular flexibility index (Phi) is 6.29. The third kappa shape index (κ3) is 5.71. The van der Waals surface area contributed by atoms with E-state index in [1.54, 1.807) is 12.1 Å². The summed E-state index contributed by atoms with van der Waals surface area (Å²) in [6, 6.07) is 6.07. The molecule has 1 rings (SSSR count). The van der Waals surface area contributed by atoms with Gasteiger partial charge in [-0.15, -0.1) is 0 Å². The van der Waals surface area contributed by atoms with E-state index in [1.807, 2.05) is 27.7 Å². The van der Waals surface area contributed by atoms with E-state index in [9.17, 15) is 9.36 Å². The van der Waals surface area contributed by atoms with Gasteiger partial charge in [0.25, 0.3) is 0 Å². The predicted octanol–water partition coefficient (Wildman–Crippen LogP) is 1.62. The number of rotatable bonds is 7. The zero-order valence-electron chi connectivity index (χ0n) is 12.9. The largest absolute Gasteiger partial charge is 0.356 e. The number of hydrogen-bond donors (Lipinski definition) is 3. The van der Waals surface area contributed by atoms with Crippen molar-refractivity contribution < 1.29 is 19.1 Å². The zero-order valence-corrected chi connectivity index (χ0v) is 13.8. The van der Waals surface area contributed by atoms with Gasteiger partial charge in [0.05, 0.1) is 11.3 Å². The molecular formula is C15H24NO4P. The molecule has 0 saturated heterocycles. The summed E-state index contributed by atoms with van der Waals surface area (Å²) in [5.41, 5.74) is 0.874. The molecule has 1 unspecified atom stereocenters. The summed E-state index contributed by atoms with van der Waals surface area (Å²) in [7, 11) is -4.21. The molecular weight excluding hydrogens is 289 g/mol. The van der Waals surface area contributed by atoms with E-state index in [-0.39, 0.29) is 29.1 Å². The van der Waals surface area contributed by atoms with Crippen LogP contribution in [0.1, 0.15) is 33.3 Å². The Morgan fingerprint density at radius 2 is 1.67 bits per heavy atom. The minimum absolute atomic E-state index is 0.00481. The maximum atomic E-state index is 12.2. The van der Waals surface area contributed by atoms with Gasteiger partial charge in [-0.25, -0.2) is 0 Å². The summed E-state index contributed by atoms with van der Waals surface area (Å²) in [6.45, 7) is 7.71. The molecule has 0 heterocycles. The topological polar surface area (TPSA) is 86.6 Å². The molecule has 21 heavy (non-hydrogen) atoms. The highest BCUT2D eigenvalue weighted by Crippen LogP contribution is 2.32. The lowest BCUT2D eigenvalue weighted by Gasteiger charge is -2.22. The number of nitrogens with one attached hydrogen (secondary N) is 1. The van der Waals surface area contributed by atoms with E-state index in [0.717, 1.165) is 5.56 Å². The molecule has 0 saturated carbocycles. The molecule has 0 aliphatic rings. The van der Waals surface area contributed by atoms with Crippen molar-refractivity contribution in [3.8, 4) is 0 Å². The van der Waals surface area contributed by atoms with Crippen molar-refractivity contribution in [1.29, 1.82) is 0 Å². The quantitative estimate of drug-likeness (QED) is 0.666. The van der Waals surface area contributed by atoms with E-state index in [2.05, 4.69) is 5.32 Å². The van der Waals surface area contributed by atoms with Crippen molar-refractivity contribution in [2.75, 3.05) is 0 Å². The van der Waals surface area contributed by atoms with Gasteiger partial charge in [-0.05, 0) is 24.1 Å². The standard InChI is InChI=1S/C15H24NO4P/c1-10(2)15(17)14(16-11(3)4)9-12-5-7-13(8-6-12)21(18,19)20/h5-8,10-11,14,16H,9H2,1-4H3,(H2,18,19,20). The molecule has 0 amide bonds. The van der Waals surface area contributed by atoms with Crippen LogP contribution in [0.4, 0.5) is 0 Å². The SMILES string of the molecule is CC(C)NC(Cc1ccc(P(=O)(O)O)cc1)C(=O)C(C)C. The van der Waals surface area contributed by atoms with E-state index in [1.165, 1.54) is 12.1 Å². The van der Waals surface area contributed by atoms with Crippen LogP contribution in [0.3, 0.4) is 0 Å². The molecule has 1 aromatic rings. The first-order valence-corrected chi connectivity index (χ1v) is 8.67. The average Bonchev–Trinajstić information content (AvgIpc) is 2.36. The van der Waals surface area contributed by atoms with Crippen molar-refractivity contribution in [1.82, 2.24) is 5.32 Å². The second-order valence-corrected chi connectivity index (χ2v) is 7.45. The Morgan fingerprint density at radius 1 is 1.14 bits per heavy atom. The van der Waals surface area contributed by atoms with Gasteiger partial charge in [0, 0.05) is 12.0 Å². The van der Waals surface area contributed by atoms with Crippen LogP contribution in [0.2, 0.25) is 0 Å². The molecule has 0 fully saturated rings. The summed E-state index contributed by atoms with van der Waals surface area (Å²) in [4.78, 5) is 30.4. The Morgan fingerprint density at radius 3 is 2.05 bits per heavy atom. The first-order valence-electron chi connectivity index (χ1n) is 7.06. The Bertz CT molecular complexity index is 519. The highest BCUT2D eigenvalue weighted by molar-refractivity contribution is 7.60. The Labute approximate surface area is 125 Å². The second-order valence-electron chi connectivity index (χ2n) is 5.85. The molecule has 0 spiro atoms. The maximum Gasteiger partial charge on any atom is 0.356 e. The minimum atomic E-state index is -4.21. The van der Waals surface area contributed by atoms with Crippen LogP contribution >= 0.6 is 7.60 Å². The Balaban J connectivity index is 2.88. The molecule has 6 heteroatoms. The van der Waals surface area contributed by atoms with Gasteiger partial charge in [0.2, 0.25) is 0 Å². The van der Waals surface area contributed by atoms with Crippen molar-refractivity contribution >= 4 is 18.7 Å². The summed E-state index contributed by atoms with van der Waals surface area (Å²) >= 11 is 0. The van der Waals surface area contributed by atoms with E-state index < -0.39 is 7.60 Å². The molecule has 1 aromatic carbocycles. The number of ketones is 1. The monoisotopic (exact) mass is 313 g/mol. The van der Waals surface area contributed by atoms with Crippen LogP contribution < -0.4 is 10.6 Å². The minimum Gasteiger partial charge on any atom is -0.321 e. The molecule has 3 N–H and O–H groups in total. The molecule has 0 aliphatic heterocycles. The molecule has 1 atom stereocenters. The van der Waals surface area contributed by atoms with Crippen molar-refractivity contribution in [3.63, 3.8) is 0 Å². The zero-order chi connectivity index (χ0) is 16.2. The summed E-state index contributed by atoms with van der Waals surface area (Å²) in [5.74, 6) is 0.0818. The summed E-state index contributed by atoms with van der Waals surface area (Å²) < 4.78 is 11.1. The highest BCUT2D eigenvalue weighted by Gasteiger charge is 2.22. The fourth-order valence-electron chi connectivity index (χ4n) is 2.11. The van der Waals surface area contributed by atoms with Crippen molar-refractivity contribution in [2.45, 2.75) is 46.2 Å². The average molecular weight is 313 g/mol. The molecule has 0 bridgehead atoms. The number of hydrogen-bond acceptors (Lipinski definition) is 3. The van der Waals surface area contributed by atoms with Gasteiger partial charge >= 0.3 is 7.60 Å². The molecule has 0 aliphatic carbocycles. The third-order valence-corrected chi connectivity index (χ3v) is 4.13. The fraction of sp³-hybridized carbons (Fsp3) is 0.533. The van der Waals surface area contributed by atoms with Crippen LogP contribution in [0.25, 0.3) is 0 Å². The first kappa shape index (κ1) is 18.1. The number of carbonyl (C=O) groups excluding carboxylic acids is 1. The summed E-state index contributed by atoms with van der Waals surface area (Å²) in [6.07, 6.45) is 0.511. The van der Waals surface area contributed by atoms with Gasteiger partial charge < -0.3 is 15.1 Å². The lowest BCUT2D eigenvalue weighted by molar-refractivity contribution is -0.124. The van der Waals surface area contributed by atoms with Crippen LogP contribution in [-0.2, 0) is 15.8 Å². The lowest BCUT2D eigenvalue weighted by atomic mass is 9.95. The van der Waals surface area contributed by atoms with Crippen molar-refractivity contribution in [2.24, 2.45) is 5.92 Å². The molecule has 0 radical (unpaired) electrons.